The van der Waals surface area contributed by atoms with Gasteiger partial charge in [-0.1, -0.05) is 25.5 Å². The number of benzene rings is 1. The summed E-state index contributed by atoms with van der Waals surface area (Å²) in [5.41, 5.74) is 7.14. The van der Waals surface area contributed by atoms with Crippen LogP contribution in [0.1, 0.15) is 52.0 Å². The van der Waals surface area contributed by atoms with Gasteiger partial charge in [0.15, 0.2) is 11.5 Å². The zero-order valence-corrected chi connectivity index (χ0v) is 13.6. The highest BCUT2D eigenvalue weighted by molar-refractivity contribution is 5.47. The molecule has 3 atom stereocenters. The van der Waals surface area contributed by atoms with Crippen LogP contribution in [0.15, 0.2) is 18.2 Å². The molecule has 2 rings (SSSR count). The molecule has 1 aromatic carbocycles. The van der Waals surface area contributed by atoms with Gasteiger partial charge in [-0.3, -0.25) is 0 Å². The van der Waals surface area contributed by atoms with E-state index >= 15 is 0 Å². The lowest BCUT2D eigenvalue weighted by Gasteiger charge is -2.29. The summed E-state index contributed by atoms with van der Waals surface area (Å²) in [6, 6.07) is 6.25. The fourth-order valence-corrected chi connectivity index (χ4v) is 3.12. The van der Waals surface area contributed by atoms with E-state index in [1.165, 1.54) is 12.8 Å². The monoisotopic (exact) mass is 291 g/mol. The van der Waals surface area contributed by atoms with Crippen LogP contribution in [0.5, 0.6) is 11.5 Å². The Labute approximate surface area is 128 Å². The molecule has 0 radical (unpaired) electrons. The van der Waals surface area contributed by atoms with Crippen molar-refractivity contribution in [1.29, 1.82) is 0 Å². The van der Waals surface area contributed by atoms with Crippen LogP contribution in [0.2, 0.25) is 0 Å². The minimum Gasteiger partial charge on any atom is -0.490 e. The van der Waals surface area contributed by atoms with Gasteiger partial charge in [-0.2, -0.15) is 0 Å². The first-order valence-corrected chi connectivity index (χ1v) is 8.27. The Balaban J connectivity index is 2.20. The van der Waals surface area contributed by atoms with Gasteiger partial charge in [-0.15, -0.1) is 0 Å². The number of hydrogen-bond acceptors (Lipinski definition) is 3. The van der Waals surface area contributed by atoms with Crippen molar-refractivity contribution in [2.75, 3.05) is 6.61 Å². The van der Waals surface area contributed by atoms with E-state index in [2.05, 4.69) is 13.0 Å². The topological polar surface area (TPSA) is 44.5 Å². The zero-order chi connectivity index (χ0) is 15.2. The van der Waals surface area contributed by atoms with Gasteiger partial charge in [0, 0.05) is 6.04 Å². The van der Waals surface area contributed by atoms with Crippen molar-refractivity contribution in [3.63, 3.8) is 0 Å². The maximum atomic E-state index is 6.36. The molecule has 1 saturated carbocycles. The van der Waals surface area contributed by atoms with Crippen LogP contribution < -0.4 is 15.2 Å². The van der Waals surface area contributed by atoms with Crippen molar-refractivity contribution in [2.45, 2.75) is 65.0 Å². The first-order chi connectivity index (χ1) is 10.1. The maximum Gasteiger partial charge on any atom is 0.164 e. The van der Waals surface area contributed by atoms with Gasteiger partial charge < -0.3 is 15.2 Å². The Morgan fingerprint density at radius 2 is 2.14 bits per heavy atom. The first kappa shape index (κ1) is 16.2. The molecule has 3 heteroatoms. The summed E-state index contributed by atoms with van der Waals surface area (Å²) in [7, 11) is 0. The van der Waals surface area contributed by atoms with Gasteiger partial charge >= 0.3 is 0 Å². The van der Waals surface area contributed by atoms with Crippen molar-refractivity contribution < 1.29 is 9.47 Å². The molecule has 0 bridgehead atoms. The van der Waals surface area contributed by atoms with Crippen molar-refractivity contribution in [3.05, 3.63) is 23.8 Å². The fourth-order valence-electron chi connectivity index (χ4n) is 3.12. The molecule has 118 valence electrons. The summed E-state index contributed by atoms with van der Waals surface area (Å²) < 4.78 is 12.1. The molecule has 0 saturated heterocycles. The third-order valence-corrected chi connectivity index (χ3v) is 4.07. The summed E-state index contributed by atoms with van der Waals surface area (Å²) in [6.07, 6.45) is 5.98. The van der Waals surface area contributed by atoms with E-state index in [0.29, 0.717) is 12.7 Å². The van der Waals surface area contributed by atoms with Crippen LogP contribution in [0.4, 0.5) is 0 Å². The van der Waals surface area contributed by atoms with Crippen LogP contribution >= 0.6 is 0 Å². The van der Waals surface area contributed by atoms with Crippen molar-refractivity contribution >= 4 is 0 Å². The van der Waals surface area contributed by atoms with Gasteiger partial charge in [0.25, 0.3) is 0 Å². The number of rotatable bonds is 6. The average Bonchev–Trinajstić information content (AvgIpc) is 2.42. The molecule has 0 amide bonds. The van der Waals surface area contributed by atoms with Gasteiger partial charge in [-0.05, 0) is 57.1 Å². The molecule has 0 aromatic heterocycles. The van der Waals surface area contributed by atoms with Crippen LogP contribution in [-0.4, -0.2) is 18.8 Å². The minimum absolute atomic E-state index is 0.120. The Morgan fingerprint density at radius 3 is 2.81 bits per heavy atom. The molecular formula is C18H29NO2. The van der Waals surface area contributed by atoms with Crippen LogP contribution in [-0.2, 0) is 6.42 Å². The summed E-state index contributed by atoms with van der Waals surface area (Å²) in [5, 5.41) is 0. The van der Waals surface area contributed by atoms with Gasteiger partial charge in [-0.25, -0.2) is 0 Å². The number of nitrogens with two attached hydrogens (primary N) is 1. The molecule has 3 nitrogen and oxygen atoms in total. The second kappa shape index (κ2) is 7.69. The van der Waals surface area contributed by atoms with Crippen LogP contribution in [0.25, 0.3) is 0 Å². The molecule has 21 heavy (non-hydrogen) atoms. The predicted molar refractivity (Wildman–Crippen MR) is 87.0 cm³/mol. The molecule has 0 aliphatic heterocycles. The van der Waals surface area contributed by atoms with Gasteiger partial charge in [0.2, 0.25) is 0 Å². The minimum atomic E-state index is 0.120. The lowest BCUT2D eigenvalue weighted by atomic mass is 9.88. The highest BCUT2D eigenvalue weighted by atomic mass is 16.5. The normalized spacial score (nSPS) is 23.6. The summed E-state index contributed by atoms with van der Waals surface area (Å²) in [5.74, 6) is 2.52. The molecule has 3 unspecified atom stereocenters. The van der Waals surface area contributed by atoms with E-state index in [1.807, 2.05) is 26.0 Å². The smallest absolute Gasteiger partial charge is 0.164 e. The third-order valence-electron chi connectivity index (χ3n) is 4.07. The lowest BCUT2D eigenvalue weighted by Crippen LogP contribution is -2.25. The molecule has 0 spiro atoms. The molecule has 1 fully saturated rings. The SMILES string of the molecule is CCOc1cccc(CC(C)N)c1OC1CCCC(C)C1. The molecule has 1 aromatic rings. The highest BCUT2D eigenvalue weighted by Gasteiger charge is 2.23. The Hall–Kier alpha value is -1.22. The fraction of sp³-hybridized carbons (Fsp3) is 0.667. The van der Waals surface area contributed by atoms with E-state index in [0.717, 1.165) is 42.2 Å². The van der Waals surface area contributed by atoms with E-state index in [-0.39, 0.29) is 6.04 Å². The summed E-state index contributed by atoms with van der Waals surface area (Å²) in [6.45, 7) is 7.00. The predicted octanol–water partition coefficient (Wildman–Crippen LogP) is 3.93. The molecule has 0 heterocycles. The van der Waals surface area contributed by atoms with E-state index in [1.54, 1.807) is 0 Å². The van der Waals surface area contributed by atoms with E-state index in [4.69, 9.17) is 15.2 Å². The van der Waals surface area contributed by atoms with E-state index in [9.17, 15) is 0 Å². The number of hydrogen-bond donors (Lipinski definition) is 1. The van der Waals surface area contributed by atoms with E-state index < -0.39 is 0 Å². The highest BCUT2D eigenvalue weighted by Crippen LogP contribution is 2.36. The lowest BCUT2D eigenvalue weighted by molar-refractivity contribution is 0.122. The number of ether oxygens (including phenoxy) is 2. The van der Waals surface area contributed by atoms with Crippen molar-refractivity contribution in [3.8, 4) is 11.5 Å². The Kier molecular flexibility index (Phi) is 5.92. The Morgan fingerprint density at radius 1 is 1.33 bits per heavy atom. The van der Waals surface area contributed by atoms with Crippen LogP contribution in [0.3, 0.4) is 0 Å². The van der Waals surface area contributed by atoms with Crippen molar-refractivity contribution in [1.82, 2.24) is 0 Å². The zero-order valence-electron chi connectivity index (χ0n) is 13.6. The molecule has 2 N–H and O–H groups in total. The maximum absolute atomic E-state index is 6.36. The largest absolute Gasteiger partial charge is 0.490 e. The average molecular weight is 291 g/mol. The molecule has 1 aliphatic carbocycles. The van der Waals surface area contributed by atoms with Crippen molar-refractivity contribution in [2.24, 2.45) is 11.7 Å². The summed E-state index contributed by atoms with van der Waals surface area (Å²) in [4.78, 5) is 0. The standard InChI is InChI=1S/C18H29NO2/c1-4-20-17-10-6-8-15(12-14(3)19)18(17)21-16-9-5-7-13(2)11-16/h6,8,10,13-14,16H,4-5,7,9,11-12,19H2,1-3H3. The first-order valence-electron chi connectivity index (χ1n) is 8.27. The quantitative estimate of drug-likeness (QED) is 0.863. The summed E-state index contributed by atoms with van der Waals surface area (Å²) >= 11 is 0. The van der Waals surface area contributed by atoms with Gasteiger partial charge in [0.1, 0.15) is 0 Å². The third kappa shape index (κ3) is 4.63. The second-order valence-electron chi connectivity index (χ2n) is 6.37. The Bertz CT molecular complexity index is 445. The van der Waals surface area contributed by atoms with Crippen LogP contribution in [0, 0.1) is 5.92 Å². The second-order valence-corrected chi connectivity index (χ2v) is 6.37. The molecule has 1 aliphatic rings. The van der Waals surface area contributed by atoms with Gasteiger partial charge in [0.05, 0.1) is 12.7 Å². The molecular weight excluding hydrogens is 262 g/mol. The number of para-hydroxylation sites is 1.